The summed E-state index contributed by atoms with van der Waals surface area (Å²) in [5.74, 6) is -1.34. The SMILES string of the molecule is O=C(O)CCCCCNC(=O)CCN1C(=O)/C(=C/c2cc(Cl)ccc2O)SC1=S. The van der Waals surface area contributed by atoms with Crippen molar-refractivity contribution in [1.82, 2.24) is 10.2 Å². The molecule has 7 nitrogen and oxygen atoms in total. The van der Waals surface area contributed by atoms with Crippen LogP contribution in [0.2, 0.25) is 5.02 Å². The maximum absolute atomic E-state index is 12.6. The average Bonchev–Trinajstić information content (AvgIpc) is 2.92. The van der Waals surface area contributed by atoms with Gasteiger partial charge in [0.05, 0.1) is 4.91 Å². The second kappa shape index (κ2) is 11.2. The molecule has 3 N–H and O–H groups in total. The number of benzene rings is 1. The zero-order valence-corrected chi connectivity index (χ0v) is 17.9. The zero-order valence-electron chi connectivity index (χ0n) is 15.5. The summed E-state index contributed by atoms with van der Waals surface area (Å²) in [5, 5.41) is 21.7. The van der Waals surface area contributed by atoms with E-state index in [1.807, 2.05) is 0 Å². The summed E-state index contributed by atoms with van der Waals surface area (Å²) in [6.07, 6.45) is 3.77. The minimum absolute atomic E-state index is 0.00222. The summed E-state index contributed by atoms with van der Waals surface area (Å²) in [6, 6.07) is 4.54. The van der Waals surface area contributed by atoms with Gasteiger partial charge in [0.25, 0.3) is 5.91 Å². The molecule has 1 fully saturated rings. The van der Waals surface area contributed by atoms with Crippen molar-refractivity contribution in [2.45, 2.75) is 32.1 Å². The number of nitrogens with one attached hydrogen (secondary N) is 1. The first-order valence-electron chi connectivity index (χ1n) is 9.00. The molecule has 0 bridgehead atoms. The Hall–Kier alpha value is -2.10. The first-order valence-corrected chi connectivity index (χ1v) is 10.6. The lowest BCUT2D eigenvalue weighted by Crippen LogP contribution is -2.33. The van der Waals surface area contributed by atoms with Gasteiger partial charge >= 0.3 is 5.97 Å². The molecule has 0 radical (unpaired) electrons. The minimum atomic E-state index is -0.822. The third-order valence-corrected chi connectivity index (χ3v) is 5.71. The van der Waals surface area contributed by atoms with Gasteiger partial charge in [-0.05, 0) is 37.1 Å². The Kier molecular flexibility index (Phi) is 8.94. The standard InChI is InChI=1S/C19H21ClN2O5S2/c20-13-5-6-14(23)12(10-13)11-15-18(27)22(19(28)29-15)9-7-16(24)21-8-3-1-2-4-17(25)26/h5-6,10-11,23H,1-4,7-9H2,(H,21,24)(H,25,26)/b15-11-. The molecule has 0 spiro atoms. The summed E-state index contributed by atoms with van der Waals surface area (Å²) in [6.45, 7) is 0.624. The van der Waals surface area contributed by atoms with Crippen LogP contribution in [-0.2, 0) is 14.4 Å². The molecule has 0 aliphatic carbocycles. The number of nitrogens with zero attached hydrogens (tertiary/aromatic N) is 1. The lowest BCUT2D eigenvalue weighted by molar-refractivity contribution is -0.137. The van der Waals surface area contributed by atoms with Crippen LogP contribution in [0, 0.1) is 0 Å². The number of amides is 2. The summed E-state index contributed by atoms with van der Waals surface area (Å²) in [5.41, 5.74) is 0.415. The minimum Gasteiger partial charge on any atom is -0.507 e. The Morgan fingerprint density at radius 1 is 1.24 bits per heavy atom. The van der Waals surface area contributed by atoms with Gasteiger partial charge in [-0.25, -0.2) is 0 Å². The van der Waals surface area contributed by atoms with Gasteiger partial charge in [0, 0.05) is 36.5 Å². The molecule has 2 amide bonds. The highest BCUT2D eigenvalue weighted by Gasteiger charge is 2.32. The second-order valence-corrected chi connectivity index (χ2v) is 8.45. The van der Waals surface area contributed by atoms with Crippen molar-refractivity contribution >= 4 is 63.8 Å². The molecule has 10 heteroatoms. The van der Waals surface area contributed by atoms with Crippen LogP contribution in [0.25, 0.3) is 6.08 Å². The van der Waals surface area contributed by atoms with Gasteiger partial charge in [-0.15, -0.1) is 0 Å². The number of carboxylic acids is 1. The zero-order chi connectivity index (χ0) is 21.4. The van der Waals surface area contributed by atoms with Crippen molar-refractivity contribution in [1.29, 1.82) is 0 Å². The molecular formula is C19H21ClN2O5S2. The molecule has 0 aromatic heterocycles. The predicted molar refractivity (Wildman–Crippen MR) is 117 cm³/mol. The van der Waals surface area contributed by atoms with E-state index in [9.17, 15) is 19.5 Å². The highest BCUT2D eigenvalue weighted by Crippen LogP contribution is 2.34. The highest BCUT2D eigenvalue weighted by atomic mass is 35.5. The van der Waals surface area contributed by atoms with Crippen LogP contribution in [-0.4, -0.2) is 50.3 Å². The van der Waals surface area contributed by atoms with Crippen LogP contribution in [0.4, 0.5) is 0 Å². The number of carbonyl (C=O) groups excluding carboxylic acids is 2. The Morgan fingerprint density at radius 3 is 2.72 bits per heavy atom. The van der Waals surface area contributed by atoms with Crippen molar-refractivity contribution in [2.75, 3.05) is 13.1 Å². The van der Waals surface area contributed by atoms with Crippen LogP contribution in [0.15, 0.2) is 23.1 Å². The molecule has 1 aromatic rings. The molecule has 1 heterocycles. The molecule has 156 valence electrons. The summed E-state index contributed by atoms with van der Waals surface area (Å²) in [4.78, 5) is 36.7. The van der Waals surface area contributed by atoms with Crippen LogP contribution in [0.3, 0.4) is 0 Å². The topological polar surface area (TPSA) is 107 Å². The molecule has 1 aromatic carbocycles. The molecular weight excluding hydrogens is 436 g/mol. The molecule has 0 saturated carbocycles. The molecule has 1 aliphatic heterocycles. The van der Waals surface area contributed by atoms with E-state index in [4.69, 9.17) is 28.9 Å². The van der Waals surface area contributed by atoms with Gasteiger partial charge in [0.1, 0.15) is 10.1 Å². The summed E-state index contributed by atoms with van der Waals surface area (Å²) in [7, 11) is 0. The van der Waals surface area contributed by atoms with E-state index in [-0.39, 0.29) is 37.0 Å². The molecule has 1 saturated heterocycles. The second-order valence-electron chi connectivity index (χ2n) is 6.34. The average molecular weight is 457 g/mol. The first-order chi connectivity index (χ1) is 13.8. The maximum Gasteiger partial charge on any atom is 0.303 e. The van der Waals surface area contributed by atoms with Gasteiger partial charge in [0.15, 0.2) is 0 Å². The van der Waals surface area contributed by atoms with E-state index in [2.05, 4.69) is 5.32 Å². The number of rotatable bonds is 10. The molecule has 1 aliphatic rings. The third kappa shape index (κ3) is 7.34. The summed E-state index contributed by atoms with van der Waals surface area (Å²) >= 11 is 12.3. The lowest BCUT2D eigenvalue weighted by atomic mass is 10.2. The number of carbonyl (C=O) groups is 3. The third-order valence-electron chi connectivity index (χ3n) is 4.10. The number of thioether (sulfide) groups is 1. The normalized spacial score (nSPS) is 15.2. The number of unbranched alkanes of at least 4 members (excludes halogenated alkanes) is 2. The van der Waals surface area contributed by atoms with Crippen LogP contribution < -0.4 is 5.32 Å². The largest absolute Gasteiger partial charge is 0.507 e. The molecule has 0 atom stereocenters. The van der Waals surface area contributed by atoms with E-state index in [0.717, 1.165) is 18.2 Å². The number of aliphatic carboxylic acids is 1. The Balaban J connectivity index is 1.81. The smallest absolute Gasteiger partial charge is 0.303 e. The number of carboxylic acid groups (broad SMARTS) is 1. The summed E-state index contributed by atoms with van der Waals surface area (Å²) < 4.78 is 0.351. The number of hydrogen-bond acceptors (Lipinski definition) is 6. The van der Waals surface area contributed by atoms with Crippen LogP contribution >= 0.6 is 35.6 Å². The van der Waals surface area contributed by atoms with E-state index >= 15 is 0 Å². The number of phenolic OH excluding ortho intramolecular Hbond substituents is 1. The van der Waals surface area contributed by atoms with Gasteiger partial charge in [-0.1, -0.05) is 42.0 Å². The molecule has 0 unspecified atom stereocenters. The fourth-order valence-electron chi connectivity index (χ4n) is 2.58. The van der Waals surface area contributed by atoms with Crippen molar-refractivity contribution in [3.8, 4) is 5.75 Å². The quantitative estimate of drug-likeness (QED) is 0.281. The van der Waals surface area contributed by atoms with Gasteiger partial charge in [-0.3, -0.25) is 19.3 Å². The van der Waals surface area contributed by atoms with E-state index < -0.39 is 5.97 Å². The Morgan fingerprint density at radius 2 is 2.00 bits per heavy atom. The number of phenols is 1. The number of hydrogen-bond donors (Lipinski definition) is 3. The van der Waals surface area contributed by atoms with Crippen molar-refractivity contribution in [3.05, 3.63) is 33.7 Å². The van der Waals surface area contributed by atoms with Crippen molar-refractivity contribution in [2.24, 2.45) is 0 Å². The molecule has 2 rings (SSSR count). The van der Waals surface area contributed by atoms with Gasteiger partial charge < -0.3 is 15.5 Å². The van der Waals surface area contributed by atoms with Crippen LogP contribution in [0.1, 0.15) is 37.7 Å². The highest BCUT2D eigenvalue weighted by molar-refractivity contribution is 8.26. The molecule has 29 heavy (non-hydrogen) atoms. The fourth-order valence-corrected chi connectivity index (χ4v) is 4.06. The number of halogens is 1. The predicted octanol–water partition coefficient (Wildman–Crippen LogP) is 3.40. The van der Waals surface area contributed by atoms with Crippen molar-refractivity contribution < 1.29 is 24.6 Å². The van der Waals surface area contributed by atoms with E-state index in [1.54, 1.807) is 12.1 Å². The van der Waals surface area contributed by atoms with Gasteiger partial charge in [0.2, 0.25) is 5.91 Å². The fraction of sp³-hybridized carbons (Fsp3) is 0.368. The maximum atomic E-state index is 12.6. The van der Waals surface area contributed by atoms with E-state index in [0.29, 0.717) is 39.2 Å². The number of aromatic hydroxyl groups is 1. The van der Waals surface area contributed by atoms with Crippen LogP contribution in [0.5, 0.6) is 5.75 Å². The lowest BCUT2D eigenvalue weighted by Gasteiger charge is -2.14. The van der Waals surface area contributed by atoms with Crippen molar-refractivity contribution in [3.63, 3.8) is 0 Å². The Labute approximate surface area is 183 Å². The van der Waals surface area contributed by atoms with Gasteiger partial charge in [-0.2, -0.15) is 0 Å². The van der Waals surface area contributed by atoms with E-state index in [1.165, 1.54) is 17.0 Å². The monoisotopic (exact) mass is 456 g/mol. The first kappa shape index (κ1) is 23.2. The number of thiocarbonyl (C=S) groups is 1. The Bertz CT molecular complexity index is 844.